The molecule has 1 aliphatic carbocycles. The highest BCUT2D eigenvalue weighted by Gasteiger charge is 2.34. The normalized spacial score (nSPS) is 24.9. The number of benzene rings is 1. The van der Waals surface area contributed by atoms with Crippen molar-refractivity contribution in [1.82, 2.24) is 0 Å². The zero-order valence-corrected chi connectivity index (χ0v) is 12.0. The number of hydrogen-bond acceptors (Lipinski definition) is 2. The molecule has 104 valence electrons. The van der Waals surface area contributed by atoms with Crippen molar-refractivity contribution in [2.75, 3.05) is 7.11 Å². The van der Waals surface area contributed by atoms with Gasteiger partial charge in [0, 0.05) is 13.0 Å². The molecule has 0 heterocycles. The highest BCUT2D eigenvalue weighted by molar-refractivity contribution is 5.87. The van der Waals surface area contributed by atoms with Crippen LogP contribution in [0.15, 0.2) is 30.3 Å². The van der Waals surface area contributed by atoms with Crippen molar-refractivity contribution >= 4 is 5.78 Å². The monoisotopic (exact) mass is 260 g/mol. The van der Waals surface area contributed by atoms with Crippen molar-refractivity contribution in [3.8, 4) is 0 Å². The number of ketones is 1. The van der Waals surface area contributed by atoms with E-state index in [2.05, 4.69) is 6.92 Å². The Hall–Kier alpha value is -1.15. The molecular weight excluding hydrogens is 236 g/mol. The van der Waals surface area contributed by atoms with Crippen LogP contribution in [0.3, 0.4) is 0 Å². The van der Waals surface area contributed by atoms with E-state index >= 15 is 0 Å². The summed E-state index contributed by atoms with van der Waals surface area (Å²) in [4.78, 5) is 12.8. The minimum absolute atomic E-state index is 0.184. The summed E-state index contributed by atoms with van der Waals surface area (Å²) in [5.41, 5.74) is 0.982. The van der Waals surface area contributed by atoms with Gasteiger partial charge < -0.3 is 4.74 Å². The molecule has 0 N–H and O–H groups in total. The van der Waals surface area contributed by atoms with Crippen LogP contribution in [0.2, 0.25) is 0 Å². The van der Waals surface area contributed by atoms with Crippen molar-refractivity contribution < 1.29 is 9.53 Å². The van der Waals surface area contributed by atoms with Crippen molar-refractivity contribution in [2.45, 2.75) is 45.1 Å². The molecular formula is C17H24O2. The summed E-state index contributed by atoms with van der Waals surface area (Å²) in [7, 11) is 1.64. The maximum absolute atomic E-state index is 12.8. The van der Waals surface area contributed by atoms with Crippen molar-refractivity contribution in [2.24, 2.45) is 11.8 Å². The van der Waals surface area contributed by atoms with Gasteiger partial charge >= 0.3 is 0 Å². The first kappa shape index (κ1) is 14.3. The molecule has 0 bridgehead atoms. The van der Waals surface area contributed by atoms with E-state index in [9.17, 15) is 4.79 Å². The summed E-state index contributed by atoms with van der Waals surface area (Å²) in [5, 5.41) is 0. The predicted molar refractivity (Wildman–Crippen MR) is 76.9 cm³/mol. The average Bonchev–Trinajstić information content (AvgIpc) is 2.49. The van der Waals surface area contributed by atoms with E-state index in [-0.39, 0.29) is 11.7 Å². The maximum Gasteiger partial charge on any atom is 0.169 e. The molecule has 1 aromatic rings. The quantitative estimate of drug-likeness (QED) is 0.794. The zero-order chi connectivity index (χ0) is 13.7. The Balaban J connectivity index is 2.16. The topological polar surface area (TPSA) is 26.3 Å². The van der Waals surface area contributed by atoms with Crippen molar-refractivity contribution in [3.63, 3.8) is 0 Å². The summed E-state index contributed by atoms with van der Waals surface area (Å²) in [6.07, 6.45) is 5.38. The molecule has 1 aromatic carbocycles. The Morgan fingerprint density at radius 2 is 1.95 bits per heavy atom. The zero-order valence-electron chi connectivity index (χ0n) is 12.0. The Morgan fingerprint density at radius 3 is 2.58 bits per heavy atom. The van der Waals surface area contributed by atoms with Gasteiger partial charge in [-0.2, -0.15) is 0 Å². The molecule has 0 aliphatic heterocycles. The molecule has 1 aliphatic rings. The summed E-state index contributed by atoms with van der Waals surface area (Å²) < 4.78 is 5.49. The SMILES string of the molecule is CCC1CCCCC1C(=O)C(OC)c1ccccc1. The fourth-order valence-corrected chi connectivity index (χ4v) is 3.31. The third-order valence-corrected chi connectivity index (χ3v) is 4.40. The van der Waals surface area contributed by atoms with Crippen LogP contribution >= 0.6 is 0 Å². The van der Waals surface area contributed by atoms with Gasteiger partial charge in [0.2, 0.25) is 0 Å². The van der Waals surface area contributed by atoms with Gasteiger partial charge in [0.1, 0.15) is 6.10 Å². The van der Waals surface area contributed by atoms with Crippen LogP contribution in [-0.2, 0) is 9.53 Å². The Morgan fingerprint density at radius 1 is 1.26 bits per heavy atom. The first-order chi connectivity index (χ1) is 9.27. The highest BCUT2D eigenvalue weighted by atomic mass is 16.5. The van der Waals surface area contributed by atoms with Crippen LogP contribution in [0.4, 0.5) is 0 Å². The first-order valence-electron chi connectivity index (χ1n) is 7.39. The molecule has 19 heavy (non-hydrogen) atoms. The van der Waals surface area contributed by atoms with Gasteiger partial charge in [0.25, 0.3) is 0 Å². The third-order valence-electron chi connectivity index (χ3n) is 4.40. The molecule has 0 spiro atoms. The highest BCUT2D eigenvalue weighted by Crippen LogP contribution is 2.36. The average molecular weight is 260 g/mol. The lowest BCUT2D eigenvalue weighted by Gasteiger charge is -2.32. The van der Waals surface area contributed by atoms with Crippen molar-refractivity contribution in [1.29, 1.82) is 0 Å². The number of rotatable bonds is 5. The van der Waals surface area contributed by atoms with Gasteiger partial charge in [0.05, 0.1) is 0 Å². The van der Waals surface area contributed by atoms with E-state index in [1.807, 2.05) is 30.3 Å². The Bertz CT molecular complexity index is 399. The fraction of sp³-hybridized carbons (Fsp3) is 0.588. The Labute approximate surface area is 116 Å². The van der Waals surface area contributed by atoms with E-state index in [1.54, 1.807) is 7.11 Å². The van der Waals surface area contributed by atoms with E-state index in [1.165, 1.54) is 19.3 Å². The standard InChI is InChI=1S/C17H24O2/c1-3-13-9-7-8-12-15(13)16(18)17(19-2)14-10-5-4-6-11-14/h4-6,10-11,13,15,17H,3,7-9,12H2,1-2H3. The maximum atomic E-state index is 12.8. The second kappa shape index (κ2) is 6.85. The molecule has 0 saturated heterocycles. The molecule has 2 rings (SSSR count). The van der Waals surface area contributed by atoms with E-state index in [0.717, 1.165) is 18.4 Å². The van der Waals surface area contributed by atoms with Gasteiger partial charge in [-0.25, -0.2) is 0 Å². The van der Waals surface area contributed by atoms with Gasteiger partial charge in [-0.05, 0) is 24.3 Å². The second-order valence-electron chi connectivity index (χ2n) is 5.49. The lowest BCUT2D eigenvalue weighted by atomic mass is 9.74. The molecule has 0 radical (unpaired) electrons. The van der Waals surface area contributed by atoms with E-state index in [4.69, 9.17) is 4.74 Å². The summed E-state index contributed by atoms with van der Waals surface area (Å²) in [6.45, 7) is 2.20. The van der Waals surface area contributed by atoms with Gasteiger partial charge in [0.15, 0.2) is 5.78 Å². The molecule has 2 heteroatoms. The molecule has 2 nitrogen and oxygen atoms in total. The first-order valence-corrected chi connectivity index (χ1v) is 7.39. The third kappa shape index (κ3) is 3.24. The van der Waals surface area contributed by atoms with Crippen LogP contribution in [0.5, 0.6) is 0 Å². The summed E-state index contributed by atoms with van der Waals surface area (Å²) in [5.74, 6) is 1.01. The Kier molecular flexibility index (Phi) is 5.15. The van der Waals surface area contributed by atoms with Crippen LogP contribution in [-0.4, -0.2) is 12.9 Å². The van der Waals surface area contributed by atoms with E-state index in [0.29, 0.717) is 5.92 Å². The molecule has 3 atom stereocenters. The largest absolute Gasteiger partial charge is 0.369 e. The molecule has 3 unspecified atom stereocenters. The smallest absolute Gasteiger partial charge is 0.169 e. The minimum atomic E-state index is -0.390. The van der Waals surface area contributed by atoms with Crippen LogP contribution in [0.1, 0.15) is 50.7 Å². The second-order valence-corrected chi connectivity index (χ2v) is 5.49. The van der Waals surface area contributed by atoms with Gasteiger partial charge in [-0.3, -0.25) is 4.79 Å². The molecule has 0 aromatic heterocycles. The molecule has 1 fully saturated rings. The fourth-order valence-electron chi connectivity index (χ4n) is 3.31. The number of carbonyl (C=O) groups is 1. The summed E-state index contributed by atoms with van der Waals surface area (Å²) in [6, 6.07) is 9.86. The summed E-state index contributed by atoms with van der Waals surface area (Å²) >= 11 is 0. The lowest BCUT2D eigenvalue weighted by Crippen LogP contribution is -2.31. The van der Waals surface area contributed by atoms with Gasteiger partial charge in [-0.15, -0.1) is 0 Å². The van der Waals surface area contributed by atoms with Crippen LogP contribution < -0.4 is 0 Å². The lowest BCUT2D eigenvalue weighted by molar-refractivity contribution is -0.136. The van der Waals surface area contributed by atoms with Crippen LogP contribution in [0.25, 0.3) is 0 Å². The van der Waals surface area contributed by atoms with Crippen LogP contribution in [0, 0.1) is 11.8 Å². The minimum Gasteiger partial charge on any atom is -0.369 e. The van der Waals surface area contributed by atoms with E-state index < -0.39 is 6.10 Å². The number of carbonyl (C=O) groups excluding carboxylic acids is 1. The van der Waals surface area contributed by atoms with Crippen molar-refractivity contribution in [3.05, 3.63) is 35.9 Å². The molecule has 0 amide bonds. The van der Waals surface area contributed by atoms with Gasteiger partial charge in [-0.1, -0.05) is 56.5 Å². The predicted octanol–water partition coefficient (Wildman–Crippen LogP) is 4.16. The number of Topliss-reactive ketones (excluding diaryl/α,β-unsaturated/α-hetero) is 1. The molecule has 1 saturated carbocycles. The number of hydrogen-bond donors (Lipinski definition) is 0. The number of methoxy groups -OCH3 is 1. The number of ether oxygens (including phenoxy) is 1.